The molecular formula is C14H8NaO3S+. The molecule has 5 heteroatoms. The molecule has 2 aromatic carbocycles. The molecule has 0 fully saturated rings. The summed E-state index contributed by atoms with van der Waals surface area (Å²) < 4.78 is 1.72. The fourth-order valence-electron chi connectivity index (χ4n) is 1.94. The fraction of sp³-hybridized carbons (Fsp3) is 0. The third-order valence-electron chi connectivity index (χ3n) is 2.82. The second-order valence-corrected chi connectivity index (χ2v) is 5.03. The van der Waals surface area contributed by atoms with E-state index in [0.717, 1.165) is 9.40 Å². The molecular weight excluding hydrogens is 271 g/mol. The molecule has 0 amide bonds. The van der Waals surface area contributed by atoms with E-state index in [2.05, 4.69) is 0 Å². The zero-order valence-electron chi connectivity index (χ0n) is 10.2. The molecule has 0 aliphatic rings. The van der Waals surface area contributed by atoms with E-state index in [1.807, 2.05) is 18.2 Å². The van der Waals surface area contributed by atoms with Crippen LogP contribution in [-0.4, -0.2) is 11.1 Å². The van der Waals surface area contributed by atoms with Gasteiger partial charge in [0.1, 0.15) is 0 Å². The first-order valence-electron chi connectivity index (χ1n) is 5.36. The van der Waals surface area contributed by atoms with Crippen molar-refractivity contribution in [2.45, 2.75) is 0 Å². The Bertz CT molecular complexity index is 839. The predicted molar refractivity (Wildman–Crippen MR) is 72.6 cm³/mol. The van der Waals surface area contributed by atoms with Gasteiger partial charge in [-0.3, -0.25) is 4.79 Å². The third kappa shape index (κ3) is 2.44. The molecule has 0 radical (unpaired) electrons. The summed E-state index contributed by atoms with van der Waals surface area (Å²) >= 11 is 1.49. The van der Waals surface area contributed by atoms with Crippen LogP contribution in [0.5, 0.6) is 0 Å². The minimum Gasteiger partial charge on any atom is -0.478 e. The zero-order valence-corrected chi connectivity index (χ0v) is 13.0. The van der Waals surface area contributed by atoms with Crippen LogP contribution in [0.15, 0.2) is 47.3 Å². The van der Waals surface area contributed by atoms with Crippen molar-refractivity contribution in [1.82, 2.24) is 0 Å². The van der Waals surface area contributed by atoms with E-state index in [4.69, 9.17) is 5.11 Å². The summed E-state index contributed by atoms with van der Waals surface area (Å²) in [6.45, 7) is 0. The molecule has 0 bridgehead atoms. The zero-order chi connectivity index (χ0) is 12.7. The maximum atomic E-state index is 12.3. The van der Waals surface area contributed by atoms with Crippen LogP contribution in [-0.2, 0) is 0 Å². The number of hydrogen-bond acceptors (Lipinski definition) is 3. The topological polar surface area (TPSA) is 54.4 Å². The number of rotatable bonds is 1. The second kappa shape index (κ2) is 5.43. The van der Waals surface area contributed by atoms with E-state index in [1.54, 1.807) is 12.1 Å². The van der Waals surface area contributed by atoms with Crippen molar-refractivity contribution in [2.75, 3.05) is 0 Å². The van der Waals surface area contributed by atoms with E-state index in [0.29, 0.717) is 10.8 Å². The van der Waals surface area contributed by atoms with Crippen molar-refractivity contribution in [2.24, 2.45) is 0 Å². The third-order valence-corrected chi connectivity index (χ3v) is 3.97. The molecule has 1 aromatic heterocycles. The molecule has 88 valence electrons. The molecule has 0 unspecified atom stereocenters. The Morgan fingerprint density at radius 3 is 2.42 bits per heavy atom. The van der Waals surface area contributed by atoms with Gasteiger partial charge in [-0.2, -0.15) is 0 Å². The Kier molecular flexibility index (Phi) is 4.06. The maximum absolute atomic E-state index is 12.3. The molecule has 19 heavy (non-hydrogen) atoms. The van der Waals surface area contributed by atoms with Crippen molar-refractivity contribution in [3.05, 3.63) is 58.3 Å². The molecule has 0 saturated heterocycles. The molecule has 3 nitrogen and oxygen atoms in total. The van der Waals surface area contributed by atoms with Gasteiger partial charge in [-0.25, -0.2) is 4.79 Å². The van der Waals surface area contributed by atoms with Crippen LogP contribution in [0, 0.1) is 0 Å². The number of fused-ring (bicyclic) bond motifs is 2. The average Bonchev–Trinajstić information content (AvgIpc) is 2.38. The molecule has 1 N–H and O–H groups in total. The molecule has 3 aromatic rings. The normalized spacial score (nSPS) is 10.3. The first-order valence-corrected chi connectivity index (χ1v) is 6.17. The van der Waals surface area contributed by atoms with Crippen molar-refractivity contribution in [1.29, 1.82) is 0 Å². The van der Waals surface area contributed by atoms with E-state index < -0.39 is 5.97 Å². The summed E-state index contributed by atoms with van der Waals surface area (Å²) in [4.78, 5) is 23.2. The Labute approximate surface area is 134 Å². The Morgan fingerprint density at radius 2 is 1.68 bits per heavy atom. The van der Waals surface area contributed by atoms with Crippen molar-refractivity contribution >= 4 is 37.5 Å². The molecule has 0 spiro atoms. The van der Waals surface area contributed by atoms with Gasteiger partial charge >= 0.3 is 35.5 Å². The molecule has 0 atom stereocenters. The van der Waals surface area contributed by atoms with Crippen molar-refractivity contribution in [3.63, 3.8) is 0 Å². The molecule has 0 aliphatic heterocycles. The molecule has 1 heterocycles. The Morgan fingerprint density at radius 1 is 1.00 bits per heavy atom. The van der Waals surface area contributed by atoms with Crippen LogP contribution in [0.3, 0.4) is 0 Å². The van der Waals surface area contributed by atoms with Crippen LogP contribution >= 0.6 is 11.3 Å². The summed E-state index contributed by atoms with van der Waals surface area (Å²) in [6, 6.07) is 12.0. The van der Waals surface area contributed by atoms with Crippen LogP contribution in [0.4, 0.5) is 0 Å². The first-order chi connectivity index (χ1) is 8.66. The van der Waals surface area contributed by atoms with Gasteiger partial charge in [0.2, 0.25) is 0 Å². The van der Waals surface area contributed by atoms with E-state index in [9.17, 15) is 9.59 Å². The van der Waals surface area contributed by atoms with Gasteiger partial charge in [0.25, 0.3) is 0 Å². The maximum Gasteiger partial charge on any atom is 1.00 e. The largest absolute Gasteiger partial charge is 1.00 e. The smallest absolute Gasteiger partial charge is 0.478 e. The van der Waals surface area contributed by atoms with E-state index in [-0.39, 0.29) is 40.5 Å². The fourth-order valence-corrected chi connectivity index (χ4v) is 2.99. The Balaban J connectivity index is 0.00000133. The standard InChI is InChI=1S/C14H8O3S.Na/c15-13-9-3-1-2-4-11(9)18-12-6-5-8(14(16)17)7-10(12)13;/h1-7H,(H,16,17);/q;+1. The summed E-state index contributed by atoms with van der Waals surface area (Å²) in [5.41, 5.74) is 0.0320. The second-order valence-electron chi connectivity index (χ2n) is 3.94. The number of carbonyl (C=O) groups is 1. The van der Waals surface area contributed by atoms with Gasteiger partial charge in [-0.05, 0) is 30.3 Å². The quantitative estimate of drug-likeness (QED) is 0.508. The van der Waals surface area contributed by atoms with Crippen LogP contribution < -0.4 is 35.0 Å². The van der Waals surface area contributed by atoms with Crippen LogP contribution in [0.1, 0.15) is 10.4 Å². The van der Waals surface area contributed by atoms with E-state index in [1.165, 1.54) is 23.5 Å². The van der Waals surface area contributed by atoms with E-state index >= 15 is 0 Å². The Hall–Kier alpha value is -1.20. The predicted octanol–water partition coefficient (Wildman–Crippen LogP) is 0.117. The SMILES string of the molecule is O=C(O)c1ccc2sc3ccccc3c(=O)c2c1.[Na+]. The molecule has 0 saturated carbocycles. The van der Waals surface area contributed by atoms with Crippen molar-refractivity contribution in [3.8, 4) is 0 Å². The van der Waals surface area contributed by atoms with Gasteiger partial charge in [-0.15, -0.1) is 11.3 Å². The number of aromatic carboxylic acids is 1. The average molecular weight is 279 g/mol. The van der Waals surface area contributed by atoms with Crippen LogP contribution in [0.25, 0.3) is 20.2 Å². The van der Waals surface area contributed by atoms with Gasteiger partial charge in [0.05, 0.1) is 5.56 Å². The van der Waals surface area contributed by atoms with Gasteiger partial charge in [0.15, 0.2) is 5.43 Å². The summed E-state index contributed by atoms with van der Waals surface area (Å²) in [5.74, 6) is -1.02. The molecule has 3 rings (SSSR count). The molecule has 0 aliphatic carbocycles. The monoisotopic (exact) mass is 279 g/mol. The number of carboxylic acids is 1. The van der Waals surface area contributed by atoms with Gasteiger partial charge < -0.3 is 5.11 Å². The summed E-state index contributed by atoms with van der Waals surface area (Å²) in [7, 11) is 0. The van der Waals surface area contributed by atoms with Gasteiger partial charge in [0, 0.05) is 20.2 Å². The van der Waals surface area contributed by atoms with Crippen LogP contribution in [0.2, 0.25) is 0 Å². The first kappa shape index (κ1) is 14.2. The van der Waals surface area contributed by atoms with Gasteiger partial charge in [-0.1, -0.05) is 12.1 Å². The minimum atomic E-state index is -1.02. The minimum absolute atomic E-state index is 0. The summed E-state index contributed by atoms with van der Waals surface area (Å²) in [5, 5.41) is 10.1. The number of benzene rings is 2. The number of hydrogen-bond donors (Lipinski definition) is 1. The summed E-state index contributed by atoms with van der Waals surface area (Å²) in [6.07, 6.45) is 0. The van der Waals surface area contributed by atoms with Crippen molar-refractivity contribution < 1.29 is 39.5 Å². The number of carboxylic acid groups (broad SMARTS) is 1.